The topological polar surface area (TPSA) is 72.7 Å². The van der Waals surface area contributed by atoms with Crippen LogP contribution in [0, 0.1) is 0 Å². The molecule has 6 nitrogen and oxygen atoms in total. The summed E-state index contributed by atoms with van der Waals surface area (Å²) in [6.07, 6.45) is 6.87. The Bertz CT molecular complexity index is 967. The lowest BCUT2D eigenvalue weighted by Gasteiger charge is -2.11. The Morgan fingerprint density at radius 2 is 1.90 bits per heavy atom. The van der Waals surface area contributed by atoms with Crippen molar-refractivity contribution in [1.82, 2.24) is 19.7 Å². The number of thioether (sulfide) groups is 1. The van der Waals surface area contributed by atoms with Crippen molar-refractivity contribution < 1.29 is 4.79 Å². The SMILES string of the molecule is CC[C@@H](C)c1ccc(NC(=O)CSc2nnc(-c3ccncc3)n2C2CC2)cc1. The molecule has 2 heterocycles. The lowest BCUT2D eigenvalue weighted by Crippen LogP contribution is -2.14. The number of rotatable bonds is 8. The lowest BCUT2D eigenvalue weighted by atomic mass is 9.99. The molecule has 2 aromatic heterocycles. The Hall–Kier alpha value is -2.67. The molecular weight excluding hydrogens is 382 g/mol. The van der Waals surface area contributed by atoms with E-state index in [1.54, 1.807) is 12.4 Å². The largest absolute Gasteiger partial charge is 0.325 e. The smallest absolute Gasteiger partial charge is 0.234 e. The summed E-state index contributed by atoms with van der Waals surface area (Å²) in [4.78, 5) is 16.5. The highest BCUT2D eigenvalue weighted by molar-refractivity contribution is 7.99. The van der Waals surface area contributed by atoms with Gasteiger partial charge in [-0.3, -0.25) is 14.3 Å². The minimum Gasteiger partial charge on any atom is -0.325 e. The summed E-state index contributed by atoms with van der Waals surface area (Å²) >= 11 is 1.43. The van der Waals surface area contributed by atoms with E-state index < -0.39 is 0 Å². The molecule has 0 spiro atoms. The highest BCUT2D eigenvalue weighted by atomic mass is 32.2. The van der Waals surface area contributed by atoms with Gasteiger partial charge in [0.2, 0.25) is 5.91 Å². The normalized spacial score (nSPS) is 14.6. The van der Waals surface area contributed by atoms with Crippen molar-refractivity contribution in [3.05, 3.63) is 54.4 Å². The number of amides is 1. The summed E-state index contributed by atoms with van der Waals surface area (Å²) in [6, 6.07) is 12.4. The van der Waals surface area contributed by atoms with Gasteiger partial charge in [0.1, 0.15) is 0 Å². The third-order valence-corrected chi connectivity index (χ3v) is 6.17. The number of anilines is 1. The van der Waals surface area contributed by atoms with E-state index in [1.807, 2.05) is 24.3 Å². The maximum absolute atomic E-state index is 12.4. The average molecular weight is 408 g/mol. The molecule has 1 N–H and O–H groups in total. The van der Waals surface area contributed by atoms with Crippen molar-refractivity contribution in [3.8, 4) is 11.4 Å². The van der Waals surface area contributed by atoms with Crippen LogP contribution in [0.1, 0.15) is 50.6 Å². The predicted molar refractivity (Wildman–Crippen MR) is 116 cm³/mol. The van der Waals surface area contributed by atoms with Crippen molar-refractivity contribution >= 4 is 23.4 Å². The highest BCUT2D eigenvalue weighted by Crippen LogP contribution is 2.40. The summed E-state index contributed by atoms with van der Waals surface area (Å²) in [5, 5.41) is 12.5. The first kappa shape index (κ1) is 19.6. The van der Waals surface area contributed by atoms with E-state index in [9.17, 15) is 4.79 Å². The number of pyridine rings is 1. The van der Waals surface area contributed by atoms with Crippen LogP contribution in [0.5, 0.6) is 0 Å². The number of benzene rings is 1. The molecule has 0 aliphatic heterocycles. The Labute approximate surface area is 175 Å². The number of hydrogen-bond acceptors (Lipinski definition) is 5. The summed E-state index contributed by atoms with van der Waals surface area (Å²) in [7, 11) is 0. The molecule has 0 bridgehead atoms. The van der Waals surface area contributed by atoms with Gasteiger partial charge < -0.3 is 5.32 Å². The van der Waals surface area contributed by atoms with E-state index in [2.05, 4.69) is 51.0 Å². The van der Waals surface area contributed by atoms with Gasteiger partial charge in [0, 0.05) is 29.7 Å². The van der Waals surface area contributed by atoms with Gasteiger partial charge in [-0.25, -0.2) is 0 Å². The zero-order chi connectivity index (χ0) is 20.2. The second-order valence-corrected chi connectivity index (χ2v) is 8.35. The van der Waals surface area contributed by atoms with Crippen molar-refractivity contribution in [2.45, 2.75) is 50.2 Å². The molecule has 1 amide bonds. The van der Waals surface area contributed by atoms with Gasteiger partial charge in [0.25, 0.3) is 0 Å². The molecule has 1 fully saturated rings. The van der Waals surface area contributed by atoms with Crippen molar-refractivity contribution in [1.29, 1.82) is 0 Å². The molecule has 1 atom stereocenters. The monoisotopic (exact) mass is 407 g/mol. The van der Waals surface area contributed by atoms with Gasteiger partial charge in [-0.05, 0) is 55.0 Å². The van der Waals surface area contributed by atoms with E-state index in [4.69, 9.17) is 0 Å². The Kier molecular flexibility index (Phi) is 5.94. The second kappa shape index (κ2) is 8.78. The van der Waals surface area contributed by atoms with Crippen LogP contribution in [-0.2, 0) is 4.79 Å². The molecule has 29 heavy (non-hydrogen) atoms. The van der Waals surface area contributed by atoms with E-state index in [-0.39, 0.29) is 5.91 Å². The van der Waals surface area contributed by atoms with Crippen LogP contribution < -0.4 is 5.32 Å². The standard InChI is InChI=1S/C22H25N5OS/c1-3-15(2)16-4-6-18(7-5-16)24-20(28)14-29-22-26-25-21(27(22)19-8-9-19)17-10-12-23-13-11-17/h4-7,10-13,15,19H,3,8-9,14H2,1-2H3,(H,24,28)/t15-/m1/s1. The van der Waals surface area contributed by atoms with Crippen molar-refractivity contribution in [2.24, 2.45) is 0 Å². The molecule has 0 radical (unpaired) electrons. The third kappa shape index (κ3) is 4.67. The first-order valence-electron chi connectivity index (χ1n) is 10.0. The summed E-state index contributed by atoms with van der Waals surface area (Å²) in [5.41, 5.74) is 3.11. The van der Waals surface area contributed by atoms with Crippen LogP contribution in [0.25, 0.3) is 11.4 Å². The lowest BCUT2D eigenvalue weighted by molar-refractivity contribution is -0.113. The van der Waals surface area contributed by atoms with Gasteiger partial charge in [-0.1, -0.05) is 37.7 Å². The zero-order valence-corrected chi connectivity index (χ0v) is 17.5. The minimum absolute atomic E-state index is 0.0397. The van der Waals surface area contributed by atoms with Crippen LogP contribution in [0.3, 0.4) is 0 Å². The van der Waals surface area contributed by atoms with E-state index >= 15 is 0 Å². The molecule has 1 aliphatic rings. The van der Waals surface area contributed by atoms with Crippen molar-refractivity contribution in [3.63, 3.8) is 0 Å². The molecule has 3 aromatic rings. The molecule has 150 valence electrons. The maximum Gasteiger partial charge on any atom is 0.234 e. The molecule has 0 unspecified atom stereocenters. The van der Waals surface area contributed by atoms with Gasteiger partial charge in [-0.15, -0.1) is 10.2 Å². The van der Waals surface area contributed by atoms with Gasteiger partial charge in [-0.2, -0.15) is 0 Å². The number of carbonyl (C=O) groups is 1. The molecule has 1 saturated carbocycles. The van der Waals surface area contributed by atoms with E-state index in [0.29, 0.717) is 17.7 Å². The average Bonchev–Trinajstić information content (AvgIpc) is 3.51. The molecule has 4 rings (SSSR count). The number of nitrogens with one attached hydrogen (secondary N) is 1. The fourth-order valence-corrected chi connectivity index (χ4v) is 4.00. The minimum atomic E-state index is -0.0397. The molecule has 7 heteroatoms. The van der Waals surface area contributed by atoms with Crippen LogP contribution >= 0.6 is 11.8 Å². The predicted octanol–water partition coefficient (Wildman–Crippen LogP) is 4.92. The van der Waals surface area contributed by atoms with E-state index in [0.717, 1.165) is 41.5 Å². The number of hydrogen-bond donors (Lipinski definition) is 1. The second-order valence-electron chi connectivity index (χ2n) is 7.41. The Morgan fingerprint density at radius 3 is 2.55 bits per heavy atom. The molecule has 1 aromatic carbocycles. The summed E-state index contributed by atoms with van der Waals surface area (Å²) in [6.45, 7) is 4.39. The fourth-order valence-electron chi connectivity index (χ4n) is 3.19. The highest BCUT2D eigenvalue weighted by Gasteiger charge is 2.30. The summed E-state index contributed by atoms with van der Waals surface area (Å²) < 4.78 is 2.16. The van der Waals surface area contributed by atoms with Crippen LogP contribution in [0.2, 0.25) is 0 Å². The maximum atomic E-state index is 12.4. The van der Waals surface area contributed by atoms with Gasteiger partial charge in [0.05, 0.1) is 5.75 Å². The fraction of sp³-hybridized carbons (Fsp3) is 0.364. The summed E-state index contributed by atoms with van der Waals surface area (Å²) in [5.74, 6) is 1.63. The van der Waals surface area contributed by atoms with Crippen LogP contribution in [0.4, 0.5) is 5.69 Å². The number of carbonyl (C=O) groups excluding carboxylic acids is 1. The van der Waals surface area contributed by atoms with E-state index in [1.165, 1.54) is 17.3 Å². The molecular formula is C22H25N5OS. The first-order valence-corrected chi connectivity index (χ1v) is 11.0. The Balaban J connectivity index is 1.40. The number of aromatic nitrogens is 4. The van der Waals surface area contributed by atoms with Crippen molar-refractivity contribution in [2.75, 3.05) is 11.1 Å². The number of nitrogens with zero attached hydrogens (tertiary/aromatic N) is 4. The Morgan fingerprint density at radius 1 is 1.17 bits per heavy atom. The molecule has 0 saturated heterocycles. The quantitative estimate of drug-likeness (QED) is 0.537. The third-order valence-electron chi connectivity index (χ3n) is 5.22. The van der Waals surface area contributed by atoms with Crippen LogP contribution in [-0.4, -0.2) is 31.4 Å². The first-order chi connectivity index (χ1) is 14.2. The zero-order valence-electron chi connectivity index (χ0n) is 16.7. The van der Waals surface area contributed by atoms with Gasteiger partial charge in [0.15, 0.2) is 11.0 Å². The molecule has 1 aliphatic carbocycles. The van der Waals surface area contributed by atoms with Crippen LogP contribution in [0.15, 0.2) is 53.9 Å². The van der Waals surface area contributed by atoms with Gasteiger partial charge >= 0.3 is 0 Å².